The number of hydrogen-bond donors (Lipinski definition) is 0. The molecule has 0 amide bonds. The van der Waals surface area contributed by atoms with E-state index in [0.717, 1.165) is 12.7 Å². The van der Waals surface area contributed by atoms with E-state index in [2.05, 4.69) is 19.6 Å². The second kappa shape index (κ2) is 9.48. The number of ether oxygens (including phenoxy) is 2. The third kappa shape index (κ3) is 15.6. The van der Waals surface area contributed by atoms with Crippen molar-refractivity contribution < 1.29 is 9.47 Å². The quantitative estimate of drug-likeness (QED) is 0.219. The third-order valence-corrected chi connectivity index (χ3v) is 8.97. The summed E-state index contributed by atoms with van der Waals surface area (Å²) < 4.78 is 11.5. The van der Waals surface area contributed by atoms with Crippen LogP contribution in [0.15, 0.2) is 12.2 Å². The van der Waals surface area contributed by atoms with Crippen LogP contribution in [0.5, 0.6) is 0 Å². The summed E-state index contributed by atoms with van der Waals surface area (Å²) in [6.45, 7) is 10.0. The molecular weight excluding hydrogens is 417 g/mol. The molecule has 0 spiro atoms. The Balaban J connectivity index is 3.57. The van der Waals surface area contributed by atoms with Crippen LogP contribution in [0.4, 0.5) is 0 Å². The fourth-order valence-electron chi connectivity index (χ4n) is 1.04. The van der Waals surface area contributed by atoms with Gasteiger partial charge < -0.3 is 0 Å². The summed E-state index contributed by atoms with van der Waals surface area (Å²) in [6.07, 6.45) is 3.81. The van der Waals surface area contributed by atoms with Gasteiger partial charge in [0.1, 0.15) is 0 Å². The van der Waals surface area contributed by atoms with E-state index >= 15 is 0 Å². The van der Waals surface area contributed by atoms with Gasteiger partial charge in [0, 0.05) is 0 Å². The van der Waals surface area contributed by atoms with Gasteiger partial charge in [0.15, 0.2) is 0 Å². The Hall–Kier alpha value is 1.55. The van der Waals surface area contributed by atoms with Crippen LogP contribution in [0.1, 0.15) is 6.92 Å². The Labute approximate surface area is 127 Å². The van der Waals surface area contributed by atoms with E-state index in [1.807, 2.05) is 19.1 Å². The van der Waals surface area contributed by atoms with Crippen molar-refractivity contribution >= 4 is 49.8 Å². The Kier molecular flexibility index (Phi) is 10.3. The minimum atomic E-state index is -3.21. The van der Waals surface area contributed by atoms with Crippen LogP contribution in [-0.2, 0) is 9.47 Å². The van der Waals surface area contributed by atoms with Gasteiger partial charge in [-0.2, -0.15) is 0 Å². The summed E-state index contributed by atoms with van der Waals surface area (Å²) in [7, 11) is 16.5. The summed E-state index contributed by atoms with van der Waals surface area (Å²) in [6, 6.07) is 1.16. The van der Waals surface area contributed by atoms with Crippen molar-refractivity contribution in [2.24, 2.45) is 0 Å². The van der Waals surface area contributed by atoms with E-state index in [-0.39, 0.29) is 6.10 Å². The van der Waals surface area contributed by atoms with Crippen LogP contribution in [-0.4, -0.2) is 42.6 Å². The molecule has 0 fully saturated rings. The Morgan fingerprint density at radius 1 is 1.22 bits per heavy atom. The van der Waals surface area contributed by atoms with Gasteiger partial charge in [0.25, 0.3) is 0 Å². The first-order valence-electron chi connectivity index (χ1n) is 6.03. The summed E-state index contributed by atoms with van der Waals surface area (Å²) >= 11 is -3.21. The normalized spacial score (nSPS) is 15.3. The first-order valence-corrected chi connectivity index (χ1v) is 22.6. The zero-order valence-electron chi connectivity index (χ0n) is 11.5. The van der Waals surface area contributed by atoms with Crippen molar-refractivity contribution in [1.82, 2.24) is 0 Å². The number of allylic oxidation sites excluding steroid dienone is 1. The third-order valence-electron chi connectivity index (χ3n) is 2.17. The van der Waals surface area contributed by atoms with Gasteiger partial charge in [-0.05, 0) is 0 Å². The van der Waals surface area contributed by atoms with E-state index in [9.17, 15) is 0 Å². The van der Waals surface area contributed by atoms with E-state index in [1.165, 1.54) is 0 Å². The Morgan fingerprint density at radius 3 is 2.33 bits per heavy atom. The molecule has 0 aliphatic heterocycles. The van der Waals surface area contributed by atoms with E-state index in [1.54, 1.807) is 0 Å². The number of hydrogen-bond acceptors (Lipinski definition) is 2. The predicted octanol–water partition coefficient (Wildman–Crippen LogP) is 4.92. The first kappa shape index (κ1) is 19.5. The molecule has 7 heteroatoms. The fraction of sp³-hybridized carbons (Fsp3) is 0.818. The molecule has 0 bridgehead atoms. The van der Waals surface area contributed by atoms with Gasteiger partial charge in [-0.3, -0.25) is 0 Å². The molecule has 0 aromatic carbocycles. The molecule has 0 aliphatic carbocycles. The second-order valence-corrected chi connectivity index (χ2v) is 32.6. The standard InChI is InChI=1S/C11H23O2Si.3ClH.Sn/c1-6-7-11(2)13-10-12-8-9-14(3,4)5;;;;/h6-7,11H,1,8-10H2,2-5H3;3*1H;/q;;;;+3/p-3/b7-6+;;;;/t11-;;;;/m0..../s1. The van der Waals surface area contributed by atoms with E-state index < -0.39 is 23.1 Å². The van der Waals surface area contributed by atoms with Crippen molar-refractivity contribution in [3.8, 4) is 0 Å². The molecule has 0 heterocycles. The van der Waals surface area contributed by atoms with Gasteiger partial charge in [-0.25, -0.2) is 0 Å². The zero-order chi connectivity index (χ0) is 14.2. The van der Waals surface area contributed by atoms with Crippen LogP contribution in [0.3, 0.4) is 0 Å². The summed E-state index contributed by atoms with van der Waals surface area (Å²) in [4.78, 5) is 0. The average molecular weight is 440 g/mol. The van der Waals surface area contributed by atoms with Crippen molar-refractivity contribution in [2.75, 3.05) is 13.4 Å². The molecule has 1 atom stereocenters. The molecule has 2 nitrogen and oxygen atoms in total. The van der Waals surface area contributed by atoms with Gasteiger partial charge >= 0.3 is 128 Å². The van der Waals surface area contributed by atoms with Crippen molar-refractivity contribution in [3.05, 3.63) is 12.2 Å². The van der Waals surface area contributed by atoms with Gasteiger partial charge in [-0.15, -0.1) is 0 Å². The SMILES string of the molecule is C[C@@H](/C=C/[CH2][Sn]([Cl])([Cl])[Cl])OCOCC[Si](C)(C)C. The van der Waals surface area contributed by atoms with Crippen LogP contribution >= 0.6 is 26.8 Å². The van der Waals surface area contributed by atoms with Gasteiger partial charge in [0.05, 0.1) is 0 Å². The van der Waals surface area contributed by atoms with Crippen LogP contribution < -0.4 is 0 Å². The number of halogens is 3. The van der Waals surface area contributed by atoms with Crippen molar-refractivity contribution in [2.45, 2.75) is 43.1 Å². The molecule has 0 aliphatic rings. The first-order chi connectivity index (χ1) is 8.10. The van der Waals surface area contributed by atoms with Gasteiger partial charge in [-0.1, -0.05) is 0 Å². The molecule has 0 aromatic heterocycles. The molecule has 108 valence electrons. The maximum atomic E-state index is 5.83. The minimum absolute atomic E-state index is 0.00415. The zero-order valence-corrected chi connectivity index (χ0v) is 17.6. The van der Waals surface area contributed by atoms with E-state index in [0.29, 0.717) is 11.2 Å². The van der Waals surface area contributed by atoms with Crippen LogP contribution in [0, 0.1) is 0 Å². The summed E-state index contributed by atoms with van der Waals surface area (Å²) in [5.41, 5.74) is 0. The monoisotopic (exact) mass is 440 g/mol. The maximum absolute atomic E-state index is 5.83. The van der Waals surface area contributed by atoms with Gasteiger partial charge in [0.2, 0.25) is 0 Å². The second-order valence-electron chi connectivity index (χ2n) is 5.46. The Bertz CT molecular complexity index is 252. The number of rotatable bonds is 9. The topological polar surface area (TPSA) is 18.5 Å². The molecule has 0 radical (unpaired) electrons. The molecule has 0 unspecified atom stereocenters. The van der Waals surface area contributed by atoms with Crippen LogP contribution in [0.25, 0.3) is 0 Å². The molecule has 0 rings (SSSR count). The van der Waals surface area contributed by atoms with Crippen molar-refractivity contribution in [3.63, 3.8) is 0 Å². The average Bonchev–Trinajstić information content (AvgIpc) is 2.13. The van der Waals surface area contributed by atoms with Crippen LogP contribution in [0.2, 0.25) is 30.1 Å². The van der Waals surface area contributed by atoms with Crippen molar-refractivity contribution in [1.29, 1.82) is 0 Å². The molecule has 0 saturated carbocycles. The summed E-state index contributed by atoms with van der Waals surface area (Å²) in [5, 5.41) is 0. The van der Waals surface area contributed by atoms with E-state index in [4.69, 9.17) is 36.2 Å². The predicted molar refractivity (Wildman–Crippen MR) is 86.8 cm³/mol. The fourth-order valence-corrected chi connectivity index (χ4v) is 4.74. The Morgan fingerprint density at radius 2 is 1.83 bits per heavy atom. The molecular formula is C11H23Cl3O2SiSn. The molecule has 0 aromatic rings. The molecule has 0 saturated heterocycles. The summed E-state index contributed by atoms with van der Waals surface area (Å²) in [5.74, 6) is 0. The molecule has 0 N–H and O–H groups in total. The molecule has 18 heavy (non-hydrogen) atoms.